The maximum Gasteiger partial charge on any atom is 0.170 e. The van der Waals surface area contributed by atoms with Crippen LogP contribution in [-0.2, 0) is 6.42 Å². The molecule has 23 heavy (non-hydrogen) atoms. The van der Waals surface area contributed by atoms with E-state index in [-0.39, 0.29) is 11.7 Å². The summed E-state index contributed by atoms with van der Waals surface area (Å²) in [5.41, 5.74) is 5.39. The van der Waals surface area contributed by atoms with Gasteiger partial charge in [0.2, 0.25) is 0 Å². The molecule has 0 amide bonds. The smallest absolute Gasteiger partial charge is 0.170 e. The number of carbonyl (C=O) groups is 1. The molecule has 1 aliphatic rings. The predicted molar refractivity (Wildman–Crippen MR) is 96.8 cm³/mol. The molecule has 1 atom stereocenters. The molecule has 0 bridgehead atoms. The first-order chi connectivity index (χ1) is 11.3. The fourth-order valence-corrected chi connectivity index (χ4v) is 4.07. The highest BCUT2D eigenvalue weighted by molar-refractivity contribution is 9.10. The zero-order valence-electron chi connectivity index (χ0n) is 12.5. The molecule has 4 rings (SSSR count). The van der Waals surface area contributed by atoms with Crippen molar-refractivity contribution >= 4 is 21.7 Å². The molecule has 0 aromatic heterocycles. The van der Waals surface area contributed by atoms with E-state index in [0.29, 0.717) is 0 Å². The number of Topliss-reactive ketones (excluding diaryl/α,β-unsaturated/α-hetero) is 1. The Morgan fingerprint density at radius 3 is 2.09 bits per heavy atom. The molecule has 0 radical (unpaired) electrons. The summed E-state index contributed by atoms with van der Waals surface area (Å²) in [5.74, 6) is 0.167. The molecule has 2 heteroatoms. The maximum atomic E-state index is 12.8. The monoisotopic (exact) mass is 362 g/mol. The molecule has 0 N–H and O–H groups in total. The van der Waals surface area contributed by atoms with Crippen LogP contribution >= 0.6 is 15.9 Å². The standard InChI is InChI=1S/C21H15BrO/c22-20-16(14-7-3-1-4-8-14)11-12-17-19(20)13-18(21(17)23)15-9-5-2-6-10-15/h1-12,18H,13H2. The molecule has 1 nitrogen and oxygen atoms in total. The van der Waals surface area contributed by atoms with Gasteiger partial charge < -0.3 is 0 Å². The van der Waals surface area contributed by atoms with Gasteiger partial charge in [0.25, 0.3) is 0 Å². The van der Waals surface area contributed by atoms with E-state index in [4.69, 9.17) is 0 Å². The highest BCUT2D eigenvalue weighted by Gasteiger charge is 2.33. The number of ketones is 1. The van der Waals surface area contributed by atoms with Gasteiger partial charge in [0, 0.05) is 10.0 Å². The summed E-state index contributed by atoms with van der Waals surface area (Å²) in [4.78, 5) is 12.8. The van der Waals surface area contributed by atoms with Crippen LogP contribution in [0.4, 0.5) is 0 Å². The molecule has 0 heterocycles. The van der Waals surface area contributed by atoms with Gasteiger partial charge in [-0.3, -0.25) is 4.79 Å². The normalized spacial score (nSPS) is 16.4. The highest BCUT2D eigenvalue weighted by Crippen LogP contribution is 2.41. The first kappa shape index (κ1) is 14.4. The fourth-order valence-electron chi connectivity index (χ4n) is 3.33. The van der Waals surface area contributed by atoms with Crippen molar-refractivity contribution in [2.24, 2.45) is 0 Å². The van der Waals surface area contributed by atoms with Gasteiger partial charge in [-0.1, -0.05) is 72.8 Å². The van der Waals surface area contributed by atoms with Gasteiger partial charge in [-0.05, 0) is 44.6 Å². The molecular formula is C21H15BrO. The lowest BCUT2D eigenvalue weighted by molar-refractivity contribution is 0.0973. The van der Waals surface area contributed by atoms with Crippen LogP contribution in [0.5, 0.6) is 0 Å². The van der Waals surface area contributed by atoms with Crippen molar-refractivity contribution in [3.05, 3.63) is 94.0 Å². The third kappa shape index (κ3) is 2.43. The SMILES string of the molecule is O=C1c2ccc(-c3ccccc3)c(Br)c2CC1c1ccccc1. The van der Waals surface area contributed by atoms with Gasteiger partial charge in [-0.2, -0.15) is 0 Å². The summed E-state index contributed by atoms with van der Waals surface area (Å²) < 4.78 is 1.05. The van der Waals surface area contributed by atoms with Crippen LogP contribution in [-0.4, -0.2) is 5.78 Å². The Hall–Kier alpha value is -2.19. The minimum absolute atomic E-state index is 0.0616. The van der Waals surface area contributed by atoms with Crippen molar-refractivity contribution in [1.29, 1.82) is 0 Å². The van der Waals surface area contributed by atoms with Crippen LogP contribution in [0.15, 0.2) is 77.3 Å². The largest absolute Gasteiger partial charge is 0.293 e. The Bertz CT molecular complexity index is 869. The summed E-state index contributed by atoms with van der Waals surface area (Å²) in [6, 6.07) is 24.4. The number of hydrogen-bond donors (Lipinski definition) is 0. The van der Waals surface area contributed by atoms with Gasteiger partial charge in [0.1, 0.15) is 0 Å². The molecule has 0 fully saturated rings. The molecule has 1 aliphatic carbocycles. The minimum Gasteiger partial charge on any atom is -0.293 e. The predicted octanol–water partition coefficient (Wildman–Crippen LogP) is 5.64. The third-order valence-electron chi connectivity index (χ3n) is 4.52. The van der Waals surface area contributed by atoms with Crippen LogP contribution in [0.3, 0.4) is 0 Å². The fraction of sp³-hybridized carbons (Fsp3) is 0.0952. The highest BCUT2D eigenvalue weighted by atomic mass is 79.9. The minimum atomic E-state index is -0.0616. The Labute approximate surface area is 144 Å². The zero-order valence-corrected chi connectivity index (χ0v) is 14.1. The summed E-state index contributed by atoms with van der Waals surface area (Å²) >= 11 is 3.74. The van der Waals surface area contributed by atoms with Gasteiger partial charge >= 0.3 is 0 Å². The lowest BCUT2D eigenvalue weighted by atomic mass is 9.95. The Kier molecular flexibility index (Phi) is 3.62. The topological polar surface area (TPSA) is 17.1 Å². The van der Waals surface area contributed by atoms with Crippen molar-refractivity contribution in [2.75, 3.05) is 0 Å². The van der Waals surface area contributed by atoms with E-state index in [1.54, 1.807) is 0 Å². The average molecular weight is 363 g/mol. The van der Waals surface area contributed by atoms with E-state index in [1.807, 2.05) is 60.7 Å². The summed E-state index contributed by atoms with van der Waals surface area (Å²) in [6.07, 6.45) is 0.763. The summed E-state index contributed by atoms with van der Waals surface area (Å²) in [6.45, 7) is 0. The van der Waals surface area contributed by atoms with Crippen molar-refractivity contribution in [3.63, 3.8) is 0 Å². The number of halogens is 1. The number of fused-ring (bicyclic) bond motifs is 1. The molecule has 112 valence electrons. The molecule has 1 unspecified atom stereocenters. The molecule has 0 saturated carbocycles. The first-order valence-electron chi connectivity index (χ1n) is 7.71. The number of benzene rings is 3. The molecule has 0 saturated heterocycles. The maximum absolute atomic E-state index is 12.8. The molecule has 3 aromatic carbocycles. The van der Waals surface area contributed by atoms with E-state index in [1.165, 1.54) is 0 Å². The number of hydrogen-bond acceptors (Lipinski definition) is 1. The van der Waals surface area contributed by atoms with Gasteiger partial charge in [-0.25, -0.2) is 0 Å². The Balaban J connectivity index is 1.79. The first-order valence-corrected chi connectivity index (χ1v) is 8.51. The molecular weight excluding hydrogens is 348 g/mol. The van der Waals surface area contributed by atoms with Crippen LogP contribution in [0, 0.1) is 0 Å². The second kappa shape index (κ2) is 5.78. The number of rotatable bonds is 2. The Morgan fingerprint density at radius 1 is 0.783 bits per heavy atom. The van der Waals surface area contributed by atoms with Gasteiger partial charge in [-0.15, -0.1) is 0 Å². The van der Waals surface area contributed by atoms with E-state index in [2.05, 4.69) is 28.1 Å². The van der Waals surface area contributed by atoms with Gasteiger partial charge in [0.15, 0.2) is 5.78 Å². The van der Waals surface area contributed by atoms with E-state index < -0.39 is 0 Å². The Morgan fingerprint density at radius 2 is 1.39 bits per heavy atom. The van der Waals surface area contributed by atoms with Crippen LogP contribution in [0.2, 0.25) is 0 Å². The average Bonchev–Trinajstić information content (AvgIpc) is 2.95. The summed E-state index contributed by atoms with van der Waals surface area (Å²) in [7, 11) is 0. The van der Waals surface area contributed by atoms with Crippen LogP contribution in [0.25, 0.3) is 11.1 Å². The van der Waals surface area contributed by atoms with E-state index in [9.17, 15) is 4.79 Å². The van der Waals surface area contributed by atoms with Crippen LogP contribution < -0.4 is 0 Å². The lowest BCUT2D eigenvalue weighted by Gasteiger charge is -2.09. The summed E-state index contributed by atoms with van der Waals surface area (Å²) in [5, 5.41) is 0. The molecule has 3 aromatic rings. The lowest BCUT2D eigenvalue weighted by Crippen LogP contribution is -2.06. The van der Waals surface area contributed by atoms with E-state index >= 15 is 0 Å². The molecule has 0 aliphatic heterocycles. The third-order valence-corrected chi connectivity index (χ3v) is 5.43. The second-order valence-electron chi connectivity index (χ2n) is 5.85. The molecule has 0 spiro atoms. The second-order valence-corrected chi connectivity index (χ2v) is 6.64. The van der Waals surface area contributed by atoms with E-state index in [0.717, 1.165) is 38.7 Å². The zero-order chi connectivity index (χ0) is 15.8. The quantitative estimate of drug-likeness (QED) is 0.576. The van der Waals surface area contributed by atoms with Gasteiger partial charge in [0.05, 0.1) is 5.92 Å². The van der Waals surface area contributed by atoms with Crippen molar-refractivity contribution in [1.82, 2.24) is 0 Å². The van der Waals surface area contributed by atoms with Crippen molar-refractivity contribution < 1.29 is 4.79 Å². The number of carbonyl (C=O) groups excluding carboxylic acids is 1. The van der Waals surface area contributed by atoms with Crippen molar-refractivity contribution in [3.8, 4) is 11.1 Å². The van der Waals surface area contributed by atoms with Crippen LogP contribution in [0.1, 0.15) is 27.4 Å². The van der Waals surface area contributed by atoms with Crippen molar-refractivity contribution in [2.45, 2.75) is 12.3 Å².